The average molecular weight is 281 g/mol. The molecule has 3 heteroatoms. The van der Waals surface area contributed by atoms with Gasteiger partial charge in [-0.15, -0.1) is 0 Å². The number of nitrogens with one attached hydrogen (secondary N) is 1. The lowest BCUT2D eigenvalue weighted by molar-refractivity contribution is -0.128. The van der Waals surface area contributed by atoms with Crippen LogP contribution in [0.4, 0.5) is 0 Å². The van der Waals surface area contributed by atoms with E-state index in [-0.39, 0.29) is 6.42 Å². The van der Waals surface area contributed by atoms with Crippen LogP contribution in [0.3, 0.4) is 0 Å². The molecule has 21 heavy (non-hydrogen) atoms. The van der Waals surface area contributed by atoms with Crippen molar-refractivity contribution in [2.75, 3.05) is 0 Å². The molecule has 0 aromatic heterocycles. The summed E-state index contributed by atoms with van der Waals surface area (Å²) in [5.41, 5.74) is 4.96. The summed E-state index contributed by atoms with van der Waals surface area (Å²) in [4.78, 5) is 11.0. The molecular formula is C18H19NO2. The number of carbonyl (C=O) groups excluding carboxylic acids is 1. The lowest BCUT2D eigenvalue weighted by Gasteiger charge is -2.00. The normalized spacial score (nSPS) is 10.7. The second-order valence-corrected chi connectivity index (χ2v) is 4.88. The van der Waals surface area contributed by atoms with E-state index in [1.54, 1.807) is 5.48 Å². The van der Waals surface area contributed by atoms with Gasteiger partial charge in [-0.3, -0.25) is 10.0 Å². The minimum absolute atomic E-state index is 0.189. The van der Waals surface area contributed by atoms with Gasteiger partial charge in [-0.25, -0.2) is 5.48 Å². The smallest absolute Gasteiger partial charge is 0.247 e. The van der Waals surface area contributed by atoms with E-state index in [1.165, 1.54) is 5.56 Å². The van der Waals surface area contributed by atoms with E-state index < -0.39 is 5.91 Å². The molecule has 0 saturated carbocycles. The summed E-state index contributed by atoms with van der Waals surface area (Å²) in [6.45, 7) is 0. The third kappa shape index (κ3) is 5.24. The molecule has 2 aromatic rings. The summed E-state index contributed by atoms with van der Waals surface area (Å²) < 4.78 is 0. The van der Waals surface area contributed by atoms with E-state index in [2.05, 4.69) is 36.4 Å². The van der Waals surface area contributed by atoms with Crippen molar-refractivity contribution in [1.29, 1.82) is 0 Å². The molecule has 0 aliphatic rings. The molecule has 0 aliphatic carbocycles. The quantitative estimate of drug-likeness (QED) is 0.630. The predicted molar refractivity (Wildman–Crippen MR) is 83.9 cm³/mol. The Balaban J connectivity index is 1.82. The molecule has 0 fully saturated rings. The first kappa shape index (κ1) is 15.0. The van der Waals surface area contributed by atoms with Gasteiger partial charge in [0.1, 0.15) is 0 Å². The highest BCUT2D eigenvalue weighted by molar-refractivity contribution is 5.77. The summed E-state index contributed by atoms with van der Waals surface area (Å²) in [6, 6.07) is 18.1. The summed E-state index contributed by atoms with van der Waals surface area (Å²) >= 11 is 0. The van der Waals surface area contributed by atoms with Crippen molar-refractivity contribution >= 4 is 12.0 Å². The topological polar surface area (TPSA) is 49.3 Å². The van der Waals surface area contributed by atoms with Crippen LogP contribution in [0.15, 0.2) is 60.7 Å². The molecule has 0 aliphatic heterocycles. The van der Waals surface area contributed by atoms with Crippen LogP contribution in [0.1, 0.15) is 23.1 Å². The van der Waals surface area contributed by atoms with E-state index >= 15 is 0 Å². The Kier molecular flexibility index (Phi) is 5.73. The maximum atomic E-state index is 11.0. The second kappa shape index (κ2) is 8.02. The Hall–Kier alpha value is -2.39. The standard InChI is InChI=1S/C18H19NO2/c20-18(19-21)14-17-12-10-16(11-13-17)9-5-4-8-15-6-2-1-3-7-15/h1-3,5-7,9-13,21H,4,8,14H2,(H,19,20). The number of hydrogen-bond acceptors (Lipinski definition) is 2. The van der Waals surface area contributed by atoms with Crippen LogP contribution in [-0.4, -0.2) is 11.1 Å². The van der Waals surface area contributed by atoms with Gasteiger partial charge in [0.2, 0.25) is 5.91 Å². The van der Waals surface area contributed by atoms with E-state index in [1.807, 2.05) is 30.3 Å². The molecule has 0 unspecified atom stereocenters. The van der Waals surface area contributed by atoms with Crippen molar-refractivity contribution in [3.63, 3.8) is 0 Å². The van der Waals surface area contributed by atoms with Gasteiger partial charge < -0.3 is 0 Å². The lowest BCUT2D eigenvalue weighted by Crippen LogP contribution is -2.20. The Morgan fingerprint density at radius 1 is 1.00 bits per heavy atom. The van der Waals surface area contributed by atoms with Crippen molar-refractivity contribution < 1.29 is 10.0 Å². The molecule has 0 radical (unpaired) electrons. The fourth-order valence-electron chi connectivity index (χ4n) is 2.09. The van der Waals surface area contributed by atoms with Gasteiger partial charge in [0, 0.05) is 0 Å². The van der Waals surface area contributed by atoms with Crippen LogP contribution < -0.4 is 5.48 Å². The van der Waals surface area contributed by atoms with E-state index in [4.69, 9.17) is 5.21 Å². The van der Waals surface area contributed by atoms with Crippen molar-refractivity contribution in [3.8, 4) is 0 Å². The third-order valence-corrected chi connectivity index (χ3v) is 3.22. The van der Waals surface area contributed by atoms with Gasteiger partial charge in [0.25, 0.3) is 0 Å². The molecule has 108 valence electrons. The molecular weight excluding hydrogens is 262 g/mol. The Morgan fingerprint density at radius 2 is 1.71 bits per heavy atom. The summed E-state index contributed by atoms with van der Waals surface area (Å²) in [7, 11) is 0. The number of amides is 1. The number of benzene rings is 2. The molecule has 0 spiro atoms. The number of aryl methyl sites for hydroxylation is 1. The van der Waals surface area contributed by atoms with Gasteiger partial charge in [0.15, 0.2) is 0 Å². The predicted octanol–water partition coefficient (Wildman–Crippen LogP) is 3.38. The van der Waals surface area contributed by atoms with E-state index in [0.717, 1.165) is 24.0 Å². The molecule has 2 N–H and O–H groups in total. The summed E-state index contributed by atoms with van der Waals surface area (Å²) in [6.07, 6.45) is 6.46. The molecule has 3 nitrogen and oxygen atoms in total. The minimum Gasteiger partial charge on any atom is -0.289 e. The van der Waals surface area contributed by atoms with Crippen molar-refractivity contribution in [1.82, 2.24) is 5.48 Å². The Morgan fingerprint density at radius 3 is 2.38 bits per heavy atom. The second-order valence-electron chi connectivity index (χ2n) is 4.88. The number of carbonyl (C=O) groups is 1. The SMILES string of the molecule is O=C(Cc1ccc(C=CCCc2ccccc2)cc1)NO. The van der Waals surface area contributed by atoms with E-state index in [9.17, 15) is 4.79 Å². The molecule has 0 saturated heterocycles. The van der Waals surface area contributed by atoms with Gasteiger partial charge in [-0.05, 0) is 29.5 Å². The maximum Gasteiger partial charge on any atom is 0.247 e. The van der Waals surface area contributed by atoms with Gasteiger partial charge >= 0.3 is 0 Å². The first-order valence-corrected chi connectivity index (χ1v) is 7.00. The van der Waals surface area contributed by atoms with Crippen LogP contribution >= 0.6 is 0 Å². The van der Waals surface area contributed by atoms with Gasteiger partial charge in [0.05, 0.1) is 6.42 Å². The maximum absolute atomic E-state index is 11.0. The first-order valence-electron chi connectivity index (χ1n) is 7.00. The van der Waals surface area contributed by atoms with Crippen LogP contribution in [0.5, 0.6) is 0 Å². The van der Waals surface area contributed by atoms with Crippen LogP contribution in [0.25, 0.3) is 6.08 Å². The lowest BCUT2D eigenvalue weighted by atomic mass is 10.1. The van der Waals surface area contributed by atoms with Crippen molar-refractivity contribution in [2.24, 2.45) is 0 Å². The minimum atomic E-state index is -0.402. The number of hydroxylamine groups is 1. The fourth-order valence-corrected chi connectivity index (χ4v) is 2.09. The highest BCUT2D eigenvalue weighted by atomic mass is 16.5. The molecule has 2 rings (SSSR count). The summed E-state index contributed by atoms with van der Waals surface area (Å²) in [5, 5.41) is 8.48. The fraction of sp³-hybridized carbons (Fsp3) is 0.167. The largest absolute Gasteiger partial charge is 0.289 e. The zero-order chi connectivity index (χ0) is 14.9. The molecule has 0 atom stereocenters. The number of allylic oxidation sites excluding steroid dienone is 1. The molecule has 2 aromatic carbocycles. The van der Waals surface area contributed by atoms with Crippen LogP contribution in [-0.2, 0) is 17.6 Å². The zero-order valence-electron chi connectivity index (χ0n) is 11.8. The van der Waals surface area contributed by atoms with E-state index in [0.29, 0.717) is 0 Å². The third-order valence-electron chi connectivity index (χ3n) is 3.22. The summed E-state index contributed by atoms with van der Waals surface area (Å²) in [5.74, 6) is -0.402. The zero-order valence-corrected chi connectivity index (χ0v) is 11.8. The highest BCUT2D eigenvalue weighted by Crippen LogP contribution is 2.09. The van der Waals surface area contributed by atoms with Crippen molar-refractivity contribution in [3.05, 3.63) is 77.4 Å². The van der Waals surface area contributed by atoms with Crippen LogP contribution in [0.2, 0.25) is 0 Å². The van der Waals surface area contributed by atoms with Gasteiger partial charge in [-0.2, -0.15) is 0 Å². The average Bonchev–Trinajstić information content (AvgIpc) is 2.54. The molecule has 1 amide bonds. The Labute approximate surface area is 124 Å². The molecule has 0 bridgehead atoms. The first-order chi connectivity index (χ1) is 10.3. The van der Waals surface area contributed by atoms with Crippen LogP contribution in [0, 0.1) is 0 Å². The number of hydrogen-bond donors (Lipinski definition) is 2. The van der Waals surface area contributed by atoms with Gasteiger partial charge in [-0.1, -0.05) is 66.7 Å². The number of rotatable bonds is 6. The highest BCUT2D eigenvalue weighted by Gasteiger charge is 2.00. The van der Waals surface area contributed by atoms with Crippen molar-refractivity contribution in [2.45, 2.75) is 19.3 Å². The monoisotopic (exact) mass is 281 g/mol. The Bertz CT molecular complexity index is 588. The molecule has 0 heterocycles.